The molecule has 5 heteroatoms. The number of thioether (sulfide) groups is 1. The molecule has 0 aromatic heterocycles. The summed E-state index contributed by atoms with van der Waals surface area (Å²) in [5.41, 5.74) is 8.29. The molecule has 0 fully saturated rings. The lowest BCUT2D eigenvalue weighted by molar-refractivity contribution is 0.170. The molecular formula is C46H80NO2PS. The maximum Gasteiger partial charge on any atom is 0.321 e. The second-order valence-corrected chi connectivity index (χ2v) is 21.0. The van der Waals surface area contributed by atoms with Crippen LogP contribution in [0.3, 0.4) is 0 Å². The lowest BCUT2D eigenvalue weighted by atomic mass is 9.70. The van der Waals surface area contributed by atoms with Gasteiger partial charge < -0.3 is 4.52 Å². The number of allylic oxidation sites excluding steroid dienone is 7. The van der Waals surface area contributed by atoms with Crippen LogP contribution in [0.5, 0.6) is 0 Å². The summed E-state index contributed by atoms with van der Waals surface area (Å²) >= 11 is 2.21. The molecule has 0 spiro atoms. The largest absolute Gasteiger partial charge is 0.439 e. The van der Waals surface area contributed by atoms with Gasteiger partial charge in [0.25, 0.3) is 0 Å². The molecule has 0 amide bonds. The summed E-state index contributed by atoms with van der Waals surface area (Å²) < 4.78 is 17.4. The van der Waals surface area contributed by atoms with E-state index in [1.807, 2.05) is 0 Å². The van der Waals surface area contributed by atoms with Gasteiger partial charge in [-0.2, -0.15) is 11.8 Å². The van der Waals surface area contributed by atoms with Gasteiger partial charge in [-0.1, -0.05) is 169 Å². The van der Waals surface area contributed by atoms with Crippen LogP contribution in [0.25, 0.3) is 0 Å². The fraction of sp³-hybridized carbons (Fsp3) is 0.783. The molecule has 0 radical (unpaired) electrons. The van der Waals surface area contributed by atoms with E-state index in [9.17, 15) is 0 Å². The molecule has 0 N–H and O–H groups in total. The standard InChI is InChI=1S/C46H80NO2PS/c1-13-16-19-20-21-22-23-24-25-26-29-51-37(6)34-38-30-35(4)32-40-42(38)39-31-36(5)33-41(45(7,8)9)43(39)48-50(49-44(40)46(10,11)12)47(27-17-14-2)28-18-15-3/h31-33,37-38,43H,13-30,34H2,1-12H3. The average molecular weight is 742 g/mol. The molecule has 0 aromatic carbocycles. The van der Waals surface area contributed by atoms with Crippen molar-refractivity contribution in [3.63, 3.8) is 0 Å². The van der Waals surface area contributed by atoms with Crippen molar-refractivity contribution in [1.82, 2.24) is 4.67 Å². The van der Waals surface area contributed by atoms with E-state index in [0.29, 0.717) is 11.2 Å². The Balaban J connectivity index is 1.95. The first-order valence-electron chi connectivity index (χ1n) is 21.3. The first kappa shape index (κ1) is 44.6. The molecule has 51 heavy (non-hydrogen) atoms. The highest BCUT2D eigenvalue weighted by atomic mass is 32.2. The van der Waals surface area contributed by atoms with Crippen molar-refractivity contribution >= 4 is 20.3 Å². The highest BCUT2D eigenvalue weighted by Gasteiger charge is 2.43. The maximum absolute atomic E-state index is 7.48. The zero-order valence-corrected chi connectivity index (χ0v) is 37.2. The van der Waals surface area contributed by atoms with Gasteiger partial charge in [0.05, 0.1) is 0 Å². The minimum Gasteiger partial charge on any atom is -0.439 e. The van der Waals surface area contributed by atoms with E-state index in [2.05, 4.69) is 118 Å². The van der Waals surface area contributed by atoms with Gasteiger partial charge in [0.2, 0.25) is 0 Å². The maximum atomic E-state index is 7.48. The summed E-state index contributed by atoms with van der Waals surface area (Å²) in [7, 11) is -1.30. The zero-order chi connectivity index (χ0) is 37.6. The van der Waals surface area contributed by atoms with E-state index in [1.54, 1.807) is 0 Å². The predicted molar refractivity (Wildman–Crippen MR) is 229 cm³/mol. The number of nitrogens with zero attached hydrogens (tertiary/aromatic N) is 1. The Kier molecular flexibility index (Phi) is 19.2. The second kappa shape index (κ2) is 21.9. The summed E-state index contributed by atoms with van der Waals surface area (Å²) in [6.45, 7) is 30.2. The van der Waals surface area contributed by atoms with Crippen molar-refractivity contribution in [3.8, 4) is 0 Å². The minimum absolute atomic E-state index is 0.0191. The molecule has 3 nitrogen and oxygen atoms in total. The first-order valence-corrected chi connectivity index (χ1v) is 23.5. The zero-order valence-electron chi connectivity index (χ0n) is 35.5. The number of unbranched alkanes of at least 4 members (excludes halogenated alkanes) is 11. The summed E-state index contributed by atoms with van der Waals surface area (Å²) in [4.78, 5) is 0. The topological polar surface area (TPSA) is 21.7 Å². The van der Waals surface area contributed by atoms with Crippen LogP contribution < -0.4 is 0 Å². The fourth-order valence-corrected chi connectivity index (χ4v) is 10.8. The van der Waals surface area contributed by atoms with Gasteiger partial charge in [0.1, 0.15) is 11.9 Å². The Hall–Kier alpha value is -0.800. The Bertz CT molecular complexity index is 1220. The summed E-state index contributed by atoms with van der Waals surface area (Å²) in [6.07, 6.45) is 28.3. The fourth-order valence-electron chi connectivity index (χ4n) is 7.87. The third-order valence-corrected chi connectivity index (χ3v) is 13.6. The molecule has 4 atom stereocenters. The van der Waals surface area contributed by atoms with Crippen LogP contribution in [0.2, 0.25) is 0 Å². The molecule has 2 aliphatic carbocycles. The van der Waals surface area contributed by atoms with Crippen molar-refractivity contribution < 1.29 is 9.05 Å². The number of fused-ring (bicyclic) bond motifs is 2. The minimum atomic E-state index is -1.30. The third-order valence-electron chi connectivity index (χ3n) is 10.7. The summed E-state index contributed by atoms with van der Waals surface area (Å²) in [5, 5.41) is 0.611. The van der Waals surface area contributed by atoms with E-state index < -0.39 is 8.53 Å². The van der Waals surface area contributed by atoms with Crippen molar-refractivity contribution in [2.24, 2.45) is 16.7 Å². The van der Waals surface area contributed by atoms with Gasteiger partial charge >= 0.3 is 8.53 Å². The van der Waals surface area contributed by atoms with Crippen LogP contribution in [0.15, 0.2) is 57.4 Å². The number of rotatable bonds is 21. The SMILES string of the molecule is CCCCCCCCCCCCSC(C)CC1CC(C)=CC2=C(C(C)(C)C)OP(N(CCCC)CCCC)OC3C(C(C)(C)C)=CC(C)=CC3=C21. The molecule has 0 aromatic rings. The van der Waals surface area contributed by atoms with E-state index >= 15 is 0 Å². The van der Waals surface area contributed by atoms with E-state index in [4.69, 9.17) is 9.05 Å². The van der Waals surface area contributed by atoms with Crippen LogP contribution in [-0.2, 0) is 9.05 Å². The Labute approximate surface area is 323 Å². The molecule has 1 aliphatic heterocycles. The smallest absolute Gasteiger partial charge is 0.321 e. The van der Waals surface area contributed by atoms with E-state index in [-0.39, 0.29) is 16.9 Å². The lowest BCUT2D eigenvalue weighted by Gasteiger charge is -2.44. The predicted octanol–water partition coefficient (Wildman–Crippen LogP) is 15.5. The Morgan fingerprint density at radius 1 is 0.765 bits per heavy atom. The Morgan fingerprint density at radius 2 is 1.33 bits per heavy atom. The van der Waals surface area contributed by atoms with E-state index in [0.717, 1.165) is 38.1 Å². The van der Waals surface area contributed by atoms with Crippen LogP contribution in [0.1, 0.15) is 186 Å². The molecule has 0 bridgehead atoms. The van der Waals surface area contributed by atoms with Crippen LogP contribution >= 0.6 is 20.3 Å². The molecular weight excluding hydrogens is 662 g/mol. The monoisotopic (exact) mass is 742 g/mol. The van der Waals surface area contributed by atoms with Crippen LogP contribution in [0.4, 0.5) is 0 Å². The van der Waals surface area contributed by atoms with Gasteiger partial charge in [-0.25, -0.2) is 4.67 Å². The molecule has 1 heterocycles. The van der Waals surface area contributed by atoms with Crippen LogP contribution in [0, 0.1) is 16.7 Å². The molecule has 0 saturated carbocycles. The highest BCUT2D eigenvalue weighted by Crippen LogP contribution is 2.58. The van der Waals surface area contributed by atoms with Crippen LogP contribution in [-0.4, -0.2) is 34.9 Å². The molecule has 3 rings (SSSR count). The third kappa shape index (κ3) is 14.1. The van der Waals surface area contributed by atoms with Gasteiger partial charge in [-0.3, -0.25) is 4.52 Å². The average Bonchev–Trinajstić information content (AvgIpc) is 3.04. The van der Waals surface area contributed by atoms with Gasteiger partial charge in [0.15, 0.2) is 0 Å². The van der Waals surface area contributed by atoms with Gasteiger partial charge in [-0.05, 0) is 79.8 Å². The number of hydrogen-bond donors (Lipinski definition) is 0. The van der Waals surface area contributed by atoms with Gasteiger partial charge in [0, 0.05) is 29.3 Å². The first-order chi connectivity index (χ1) is 24.2. The van der Waals surface area contributed by atoms with Gasteiger partial charge in [-0.15, -0.1) is 0 Å². The molecule has 4 unspecified atom stereocenters. The normalized spacial score (nSPS) is 22.1. The molecule has 0 saturated heterocycles. The van der Waals surface area contributed by atoms with Crippen molar-refractivity contribution in [1.29, 1.82) is 0 Å². The highest BCUT2D eigenvalue weighted by molar-refractivity contribution is 7.99. The second-order valence-electron chi connectivity index (χ2n) is 18.1. The lowest BCUT2D eigenvalue weighted by Crippen LogP contribution is -2.35. The molecule has 292 valence electrons. The van der Waals surface area contributed by atoms with Crippen molar-refractivity contribution in [2.75, 3.05) is 18.8 Å². The summed E-state index contributed by atoms with van der Waals surface area (Å²) in [6, 6.07) is 0. The van der Waals surface area contributed by atoms with E-state index in [1.165, 1.54) is 123 Å². The molecule has 3 aliphatic rings. The van der Waals surface area contributed by atoms with Crippen molar-refractivity contribution in [2.45, 2.75) is 197 Å². The van der Waals surface area contributed by atoms with Crippen molar-refractivity contribution in [3.05, 3.63) is 57.4 Å². The summed E-state index contributed by atoms with van der Waals surface area (Å²) in [5.74, 6) is 2.85. The Morgan fingerprint density at radius 3 is 1.88 bits per heavy atom. The quantitative estimate of drug-likeness (QED) is 0.0862. The number of hydrogen-bond acceptors (Lipinski definition) is 4.